The minimum atomic E-state index is -0.136. The Morgan fingerprint density at radius 2 is 2.40 bits per heavy atom. The predicted molar refractivity (Wildman–Crippen MR) is 61.1 cm³/mol. The summed E-state index contributed by atoms with van der Waals surface area (Å²) in [5.41, 5.74) is 0.481. The summed E-state index contributed by atoms with van der Waals surface area (Å²) in [4.78, 5) is 15.6. The number of carbonyl (C=O) groups excluding carboxylic acids is 1. The van der Waals surface area contributed by atoms with Gasteiger partial charge in [-0.3, -0.25) is 9.78 Å². The second-order valence-corrected chi connectivity index (χ2v) is 3.93. The Bertz CT molecular complexity index is 341. The van der Waals surface area contributed by atoms with Crippen molar-refractivity contribution in [2.24, 2.45) is 0 Å². The molecule has 1 N–H and O–H groups in total. The molecule has 3 nitrogen and oxygen atoms in total. The van der Waals surface area contributed by atoms with Gasteiger partial charge in [-0.2, -0.15) is 0 Å². The summed E-state index contributed by atoms with van der Waals surface area (Å²) in [5.74, 6) is -0.136. The molecule has 0 aliphatic rings. The van der Waals surface area contributed by atoms with Gasteiger partial charge in [0.2, 0.25) is 0 Å². The van der Waals surface area contributed by atoms with Crippen LogP contribution in [0.3, 0.4) is 0 Å². The number of hydrogen-bond donors (Lipinski definition) is 1. The molecule has 15 heavy (non-hydrogen) atoms. The fourth-order valence-corrected chi connectivity index (χ4v) is 1.57. The molecule has 1 amide bonds. The molecule has 1 aromatic heterocycles. The summed E-state index contributed by atoms with van der Waals surface area (Å²) in [6.45, 7) is 4.07. The minimum absolute atomic E-state index is 0.136. The summed E-state index contributed by atoms with van der Waals surface area (Å²) < 4.78 is 0. The van der Waals surface area contributed by atoms with E-state index in [-0.39, 0.29) is 11.9 Å². The zero-order valence-electron chi connectivity index (χ0n) is 8.96. The van der Waals surface area contributed by atoms with Crippen LogP contribution in [0.1, 0.15) is 37.0 Å². The van der Waals surface area contributed by atoms with Gasteiger partial charge in [0.25, 0.3) is 5.91 Å². The number of nitrogens with zero attached hydrogens (tertiary/aromatic N) is 1. The summed E-state index contributed by atoms with van der Waals surface area (Å²) in [6, 6.07) is 1.79. The van der Waals surface area contributed by atoms with Gasteiger partial charge in [0, 0.05) is 18.4 Å². The van der Waals surface area contributed by atoms with Crippen LogP contribution < -0.4 is 5.32 Å². The Hall–Kier alpha value is -1.09. The van der Waals surface area contributed by atoms with Gasteiger partial charge in [-0.15, -0.1) is 0 Å². The third-order valence-corrected chi connectivity index (χ3v) is 2.42. The van der Waals surface area contributed by atoms with Gasteiger partial charge >= 0.3 is 0 Å². The van der Waals surface area contributed by atoms with Crippen LogP contribution in [0.2, 0.25) is 5.02 Å². The quantitative estimate of drug-likeness (QED) is 0.858. The van der Waals surface area contributed by atoms with Gasteiger partial charge < -0.3 is 5.32 Å². The van der Waals surface area contributed by atoms with E-state index in [1.165, 1.54) is 6.20 Å². The van der Waals surface area contributed by atoms with Crippen LogP contribution in [0.15, 0.2) is 18.5 Å². The smallest absolute Gasteiger partial charge is 0.253 e. The maximum Gasteiger partial charge on any atom is 0.253 e. The van der Waals surface area contributed by atoms with Gasteiger partial charge in [0.15, 0.2) is 0 Å². The second-order valence-electron chi connectivity index (χ2n) is 3.52. The number of aromatic nitrogens is 1. The summed E-state index contributed by atoms with van der Waals surface area (Å²) in [7, 11) is 0. The van der Waals surface area contributed by atoms with Gasteiger partial charge in [-0.25, -0.2) is 0 Å². The van der Waals surface area contributed by atoms with E-state index in [1.807, 2.05) is 6.92 Å². The van der Waals surface area contributed by atoms with Crippen molar-refractivity contribution in [2.75, 3.05) is 0 Å². The highest BCUT2D eigenvalue weighted by Crippen LogP contribution is 2.13. The fourth-order valence-electron chi connectivity index (χ4n) is 1.37. The first-order chi connectivity index (χ1) is 7.15. The molecule has 0 aliphatic carbocycles. The number of amides is 1. The van der Waals surface area contributed by atoms with Crippen LogP contribution in [-0.4, -0.2) is 16.9 Å². The summed E-state index contributed by atoms with van der Waals surface area (Å²) >= 11 is 5.86. The lowest BCUT2D eigenvalue weighted by atomic mass is 10.2. The van der Waals surface area contributed by atoms with E-state index >= 15 is 0 Å². The maximum absolute atomic E-state index is 11.7. The summed E-state index contributed by atoms with van der Waals surface area (Å²) in [6.07, 6.45) is 5.05. The number of rotatable bonds is 4. The molecule has 1 rings (SSSR count). The Balaban J connectivity index is 2.65. The molecule has 0 bridgehead atoms. The molecule has 0 aromatic carbocycles. The van der Waals surface area contributed by atoms with Crippen molar-refractivity contribution in [3.8, 4) is 0 Å². The summed E-state index contributed by atoms with van der Waals surface area (Å²) in [5, 5.41) is 3.27. The van der Waals surface area contributed by atoms with E-state index in [4.69, 9.17) is 11.6 Å². The number of pyridine rings is 1. The molecule has 0 saturated carbocycles. The molecule has 1 aromatic rings. The van der Waals surface area contributed by atoms with Crippen molar-refractivity contribution >= 4 is 17.5 Å². The zero-order valence-corrected chi connectivity index (χ0v) is 9.71. The largest absolute Gasteiger partial charge is 0.350 e. The van der Waals surface area contributed by atoms with Gasteiger partial charge in [-0.1, -0.05) is 24.9 Å². The Kier molecular flexibility index (Phi) is 4.56. The van der Waals surface area contributed by atoms with E-state index in [0.29, 0.717) is 10.6 Å². The molecule has 4 heteroatoms. The van der Waals surface area contributed by atoms with E-state index in [0.717, 1.165) is 12.8 Å². The van der Waals surface area contributed by atoms with Crippen molar-refractivity contribution < 1.29 is 4.79 Å². The first-order valence-corrected chi connectivity index (χ1v) is 5.43. The molecule has 1 heterocycles. The number of halogens is 1. The zero-order chi connectivity index (χ0) is 11.3. The van der Waals surface area contributed by atoms with Crippen LogP contribution >= 0.6 is 11.6 Å². The van der Waals surface area contributed by atoms with Gasteiger partial charge in [0.05, 0.1) is 10.6 Å². The monoisotopic (exact) mass is 226 g/mol. The highest BCUT2D eigenvalue weighted by molar-refractivity contribution is 6.33. The van der Waals surface area contributed by atoms with Crippen LogP contribution in [-0.2, 0) is 0 Å². The first kappa shape index (κ1) is 12.0. The Morgan fingerprint density at radius 3 is 3.00 bits per heavy atom. The third kappa shape index (κ3) is 3.51. The van der Waals surface area contributed by atoms with Crippen molar-refractivity contribution in [1.29, 1.82) is 0 Å². The highest BCUT2D eigenvalue weighted by Gasteiger charge is 2.11. The van der Waals surface area contributed by atoms with Gasteiger partial charge in [-0.05, 0) is 19.4 Å². The average Bonchev–Trinajstić information content (AvgIpc) is 2.18. The highest BCUT2D eigenvalue weighted by atomic mass is 35.5. The molecule has 0 aliphatic heterocycles. The van der Waals surface area contributed by atoms with E-state index in [2.05, 4.69) is 17.2 Å². The molecule has 1 atom stereocenters. The standard InChI is InChI=1S/C11H15ClN2O/c1-3-4-8(2)14-11(15)9-5-6-13-7-10(9)12/h5-8H,3-4H2,1-2H3,(H,14,15). The Labute approximate surface area is 94.9 Å². The third-order valence-electron chi connectivity index (χ3n) is 2.12. The molecular weight excluding hydrogens is 212 g/mol. The van der Waals surface area contributed by atoms with Crippen molar-refractivity contribution in [2.45, 2.75) is 32.7 Å². The van der Waals surface area contributed by atoms with Crippen LogP contribution in [0, 0.1) is 0 Å². The van der Waals surface area contributed by atoms with Crippen molar-refractivity contribution in [3.63, 3.8) is 0 Å². The second kappa shape index (κ2) is 5.71. The van der Waals surface area contributed by atoms with Crippen LogP contribution in [0.25, 0.3) is 0 Å². The fraction of sp³-hybridized carbons (Fsp3) is 0.455. The molecule has 1 unspecified atom stereocenters. The minimum Gasteiger partial charge on any atom is -0.350 e. The lowest BCUT2D eigenvalue weighted by Crippen LogP contribution is -2.32. The van der Waals surface area contributed by atoms with E-state index < -0.39 is 0 Å². The van der Waals surface area contributed by atoms with Crippen molar-refractivity contribution in [1.82, 2.24) is 10.3 Å². The molecule has 0 spiro atoms. The molecule has 0 saturated heterocycles. The SMILES string of the molecule is CCCC(C)NC(=O)c1ccncc1Cl. The number of carbonyl (C=O) groups is 1. The van der Waals surface area contributed by atoms with Crippen molar-refractivity contribution in [3.05, 3.63) is 29.0 Å². The topological polar surface area (TPSA) is 42.0 Å². The predicted octanol–water partition coefficient (Wildman–Crippen LogP) is 2.65. The van der Waals surface area contributed by atoms with Crippen LogP contribution in [0.5, 0.6) is 0 Å². The van der Waals surface area contributed by atoms with Gasteiger partial charge in [0.1, 0.15) is 0 Å². The first-order valence-electron chi connectivity index (χ1n) is 5.05. The normalized spacial score (nSPS) is 12.2. The molecule has 0 fully saturated rings. The van der Waals surface area contributed by atoms with E-state index in [9.17, 15) is 4.79 Å². The molecule has 82 valence electrons. The van der Waals surface area contributed by atoms with Crippen LogP contribution in [0.4, 0.5) is 0 Å². The van der Waals surface area contributed by atoms with E-state index in [1.54, 1.807) is 12.3 Å². The molecule has 0 radical (unpaired) electrons. The lowest BCUT2D eigenvalue weighted by molar-refractivity contribution is 0.0938. The number of hydrogen-bond acceptors (Lipinski definition) is 2. The molecular formula is C11H15ClN2O. The number of nitrogens with one attached hydrogen (secondary N) is 1. The average molecular weight is 227 g/mol. The maximum atomic E-state index is 11.7. The lowest BCUT2D eigenvalue weighted by Gasteiger charge is -2.12. The Morgan fingerprint density at radius 1 is 1.67 bits per heavy atom.